The van der Waals surface area contributed by atoms with Gasteiger partial charge in [0.25, 0.3) is 0 Å². The predicted molar refractivity (Wildman–Crippen MR) is 80.2 cm³/mol. The van der Waals surface area contributed by atoms with Crippen LogP contribution in [0.25, 0.3) is 0 Å². The van der Waals surface area contributed by atoms with Crippen LogP contribution in [0.4, 0.5) is 0 Å². The molecule has 8 fully saturated rings. The summed E-state index contributed by atoms with van der Waals surface area (Å²) in [7, 11) is -4.69. The smallest absolute Gasteiger partial charge is 0.0777 e. The van der Waals surface area contributed by atoms with Gasteiger partial charge < -0.3 is 0 Å². The summed E-state index contributed by atoms with van der Waals surface area (Å²) >= 11 is 0. The quantitative estimate of drug-likeness (QED) is 0.601. The van der Waals surface area contributed by atoms with Crippen LogP contribution in [0.3, 0.4) is 0 Å². The van der Waals surface area contributed by atoms with Crippen LogP contribution < -0.4 is 14.0 Å². The van der Waals surface area contributed by atoms with Gasteiger partial charge >= 0.3 is 0 Å². The second-order valence-corrected chi connectivity index (χ2v) is 9.95. The minimum atomic E-state index is -4.69. The van der Waals surface area contributed by atoms with Crippen molar-refractivity contribution in [2.24, 2.45) is 40.9 Å². The highest BCUT2D eigenvalue weighted by Gasteiger charge is 2.82. The van der Waals surface area contributed by atoms with Crippen LogP contribution in [0.15, 0.2) is 23.8 Å². The van der Waals surface area contributed by atoms with Gasteiger partial charge in [0.1, 0.15) is 0 Å². The second kappa shape index (κ2) is 4.70. The molecule has 0 aromatic carbocycles. The van der Waals surface area contributed by atoms with Crippen molar-refractivity contribution in [1.29, 1.82) is 0 Å². The van der Waals surface area contributed by atoms with E-state index in [9.17, 15) is 0 Å². The van der Waals surface area contributed by atoms with Crippen molar-refractivity contribution in [3.05, 3.63) is 23.8 Å². The van der Waals surface area contributed by atoms with Gasteiger partial charge in [-0.1, -0.05) is 30.2 Å². The number of hydrogen-bond donors (Lipinski definition) is 1. The molecule has 0 amide bonds. The third kappa shape index (κ3) is 1.69. The summed E-state index contributed by atoms with van der Waals surface area (Å²) < 4.78 is 32.7. The van der Waals surface area contributed by atoms with Gasteiger partial charge in [-0.25, -0.2) is 0 Å². The number of halogens is 1. The molecule has 0 radical (unpaired) electrons. The first-order valence-corrected chi connectivity index (χ1v) is 11.0. The van der Waals surface area contributed by atoms with Gasteiger partial charge in [0.05, 0.1) is 14.9 Å². The molecule has 9 atom stereocenters. The molecule has 1 N–H and O–H groups in total. The molecule has 6 aliphatic carbocycles. The third-order valence-electron chi connectivity index (χ3n) is 8.94. The molecule has 1 spiro atoms. The van der Waals surface area contributed by atoms with E-state index in [-0.39, 0.29) is 0 Å². The summed E-state index contributed by atoms with van der Waals surface area (Å²) in [6.07, 6.45) is 15.3. The van der Waals surface area contributed by atoms with Crippen molar-refractivity contribution in [2.75, 3.05) is 6.54 Å². The van der Waals surface area contributed by atoms with E-state index in [2.05, 4.69) is 23.1 Å². The Balaban J connectivity index is 0.000000231. The molecule has 3 heterocycles. The monoisotopic (exact) mass is 365 g/mol. The molecule has 9 aliphatic rings. The SMILES string of the molecule is C1=CC23C4CCC2C2C4C4C(=C1)C3C2N1CCCCC41.[O-][Cl+3]([O-])([O-])O. The Morgan fingerprint density at radius 3 is 2.56 bits per heavy atom. The summed E-state index contributed by atoms with van der Waals surface area (Å²) in [4.78, 5) is 3.03. The first-order valence-electron chi connectivity index (χ1n) is 9.71. The molecule has 0 aromatic heterocycles. The van der Waals surface area contributed by atoms with E-state index in [4.69, 9.17) is 18.6 Å². The molecule has 9 rings (SSSR count). The standard InChI is InChI=1S/C19H23N.ClHO4/c1-2-9-20-13(5-1)14-10-4-3-8-19-11-6-7-12(19)16(15(11)14)18(20)17(10)19;2-1(3,4)5/h3-4,8,11-18H,1-2,5-7,9H2;(H,2,3,4,5). The fraction of sp³-hybridized carbons (Fsp3) is 0.789. The fourth-order valence-electron chi connectivity index (χ4n) is 9.09. The number of hydrogen-bond acceptors (Lipinski definition) is 5. The number of allylic oxidation sites excluding steroid dienone is 3. The molecule has 9 unspecified atom stereocenters. The maximum Gasteiger partial charge on any atom is 0.0777 e. The van der Waals surface area contributed by atoms with Gasteiger partial charge in [0, 0.05) is 23.4 Å². The van der Waals surface area contributed by atoms with Gasteiger partial charge in [-0.15, -0.1) is 0 Å². The lowest BCUT2D eigenvalue weighted by atomic mass is 9.44. The Morgan fingerprint density at radius 2 is 1.80 bits per heavy atom. The van der Waals surface area contributed by atoms with E-state index in [0.717, 1.165) is 47.6 Å². The van der Waals surface area contributed by atoms with Crippen LogP contribution in [-0.4, -0.2) is 28.2 Å². The van der Waals surface area contributed by atoms with Gasteiger partial charge in [-0.2, -0.15) is 14.0 Å². The Hall–Kier alpha value is -0.430. The van der Waals surface area contributed by atoms with Crippen LogP contribution in [0.5, 0.6) is 0 Å². The van der Waals surface area contributed by atoms with Crippen LogP contribution in [0.2, 0.25) is 0 Å². The van der Waals surface area contributed by atoms with Gasteiger partial charge in [0.2, 0.25) is 0 Å². The Kier molecular flexibility index (Phi) is 2.93. The number of nitrogens with zero attached hydrogens (tertiary/aromatic N) is 1. The van der Waals surface area contributed by atoms with Crippen molar-refractivity contribution < 1.29 is 28.9 Å². The predicted octanol–water partition coefficient (Wildman–Crippen LogP) is -0.886. The molecule has 5 nitrogen and oxygen atoms in total. The highest BCUT2D eigenvalue weighted by atomic mass is 35.7. The molecule has 6 heteroatoms. The van der Waals surface area contributed by atoms with Gasteiger partial charge in [-0.3, -0.25) is 4.90 Å². The lowest BCUT2D eigenvalue weighted by molar-refractivity contribution is -1.92. The lowest BCUT2D eigenvalue weighted by Crippen LogP contribution is -2.71. The number of piperidine rings is 3. The molecule has 0 aromatic rings. The minimum absolute atomic E-state index is 0.656. The van der Waals surface area contributed by atoms with E-state index in [0.29, 0.717) is 5.41 Å². The normalized spacial score (nSPS) is 55.9. The van der Waals surface area contributed by atoms with Crippen LogP contribution in [-0.2, 0) is 0 Å². The van der Waals surface area contributed by atoms with E-state index in [1.165, 1.54) is 25.8 Å². The first kappa shape index (κ1) is 15.6. The van der Waals surface area contributed by atoms with Gasteiger partial charge in [0.15, 0.2) is 0 Å². The van der Waals surface area contributed by atoms with Gasteiger partial charge in [-0.05, 0) is 61.8 Å². The highest BCUT2D eigenvalue weighted by Crippen LogP contribution is 2.84. The molecule has 9 bridgehead atoms. The lowest BCUT2D eigenvalue weighted by Gasteiger charge is -2.68. The Labute approximate surface area is 149 Å². The van der Waals surface area contributed by atoms with Crippen LogP contribution >= 0.6 is 0 Å². The maximum atomic E-state index is 8.60. The molecule has 5 saturated carbocycles. The maximum absolute atomic E-state index is 8.60. The van der Waals surface area contributed by atoms with Crippen molar-refractivity contribution in [3.8, 4) is 0 Å². The summed E-state index contributed by atoms with van der Waals surface area (Å²) in [5.41, 5.74) is 2.59. The van der Waals surface area contributed by atoms with E-state index in [1.807, 2.05) is 5.57 Å². The second-order valence-electron chi connectivity index (χ2n) is 9.16. The molecule has 3 saturated heterocycles. The van der Waals surface area contributed by atoms with Crippen molar-refractivity contribution >= 4 is 0 Å². The van der Waals surface area contributed by atoms with Crippen LogP contribution in [0, 0.1) is 51.2 Å². The Bertz CT molecular complexity index is 673. The molecule has 136 valence electrons. The molecule has 3 aliphatic heterocycles. The Morgan fingerprint density at radius 1 is 1.08 bits per heavy atom. The molecule has 25 heavy (non-hydrogen) atoms. The average molecular weight is 366 g/mol. The summed E-state index contributed by atoms with van der Waals surface area (Å²) in [5.74, 6) is 6.28. The molecular weight excluding hydrogens is 342 g/mol. The minimum Gasteiger partial charge on any atom is -0.296 e. The topological polar surface area (TPSA) is 92.7 Å². The third-order valence-corrected chi connectivity index (χ3v) is 8.94. The number of rotatable bonds is 0. The van der Waals surface area contributed by atoms with Crippen LogP contribution in [0.1, 0.15) is 32.1 Å². The van der Waals surface area contributed by atoms with E-state index < -0.39 is 10.2 Å². The average Bonchev–Trinajstić information content (AvgIpc) is 3.14. The zero-order chi connectivity index (χ0) is 17.1. The zero-order valence-electron chi connectivity index (χ0n) is 14.1. The zero-order valence-corrected chi connectivity index (χ0v) is 14.8. The highest BCUT2D eigenvalue weighted by molar-refractivity contribution is 5.49. The van der Waals surface area contributed by atoms with E-state index in [1.54, 1.807) is 12.8 Å². The summed E-state index contributed by atoms with van der Waals surface area (Å²) in [5, 5.41) is 0. The summed E-state index contributed by atoms with van der Waals surface area (Å²) in [6.45, 7) is 1.43. The van der Waals surface area contributed by atoms with Crippen molar-refractivity contribution in [3.63, 3.8) is 0 Å². The first-order chi connectivity index (χ1) is 11.9. The summed E-state index contributed by atoms with van der Waals surface area (Å²) in [6, 6.07) is 1.91. The van der Waals surface area contributed by atoms with E-state index >= 15 is 0 Å². The largest absolute Gasteiger partial charge is 0.296 e. The van der Waals surface area contributed by atoms with Crippen molar-refractivity contribution in [1.82, 2.24) is 4.90 Å². The fourth-order valence-corrected chi connectivity index (χ4v) is 9.09. The van der Waals surface area contributed by atoms with Crippen molar-refractivity contribution in [2.45, 2.75) is 44.2 Å². The molecular formula is C19H24ClNO4.